The van der Waals surface area contributed by atoms with Crippen molar-refractivity contribution in [2.24, 2.45) is 4.36 Å². The molecule has 2 N–H and O–H groups in total. The maximum absolute atomic E-state index is 14.0. The minimum Gasteiger partial charge on any atom is -0.479 e. The number of aryl methyl sites for hydroxylation is 1. The van der Waals surface area contributed by atoms with E-state index in [-0.39, 0.29) is 17.7 Å². The average molecular weight is 471 g/mol. The van der Waals surface area contributed by atoms with E-state index in [1.165, 1.54) is 30.8 Å². The Kier molecular flexibility index (Phi) is 6.73. The fraction of sp³-hybridized carbons (Fsp3) is 0.348. The lowest BCUT2D eigenvalue weighted by atomic mass is 9.93. The molecule has 0 unspecified atom stereocenters. The molecule has 1 aromatic heterocycles. The zero-order valence-electron chi connectivity index (χ0n) is 18.6. The van der Waals surface area contributed by atoms with Crippen LogP contribution in [0.15, 0.2) is 41.0 Å². The molecule has 0 saturated heterocycles. The Balaban J connectivity index is 1.63. The second-order valence-electron chi connectivity index (χ2n) is 8.06. The third kappa shape index (κ3) is 5.39. The molecule has 1 fully saturated rings. The molecule has 0 bridgehead atoms. The third-order valence-electron chi connectivity index (χ3n) is 5.48. The molecule has 1 amide bonds. The van der Waals surface area contributed by atoms with Gasteiger partial charge in [-0.05, 0) is 62.9 Å². The molecule has 2 aromatic carbocycles. The van der Waals surface area contributed by atoms with Crippen molar-refractivity contribution in [2.75, 3.05) is 11.6 Å². The number of nitrogens with one attached hydrogen (secondary N) is 2. The van der Waals surface area contributed by atoms with Crippen LogP contribution in [0.1, 0.15) is 31.7 Å². The molecule has 1 aliphatic carbocycles. The van der Waals surface area contributed by atoms with Crippen molar-refractivity contribution in [1.29, 1.82) is 0 Å². The Morgan fingerprint density at radius 1 is 1.27 bits per heavy atom. The van der Waals surface area contributed by atoms with E-state index in [9.17, 15) is 13.4 Å². The van der Waals surface area contributed by atoms with Gasteiger partial charge < -0.3 is 23.9 Å². The third-order valence-corrected chi connectivity index (χ3v) is 5.94. The summed E-state index contributed by atoms with van der Waals surface area (Å²) in [6, 6.07) is 7.79. The van der Waals surface area contributed by atoms with E-state index in [2.05, 4.69) is 25.0 Å². The van der Waals surface area contributed by atoms with Gasteiger partial charge in [-0.15, -0.1) is 6.26 Å². The van der Waals surface area contributed by atoms with Gasteiger partial charge in [-0.1, -0.05) is 0 Å². The second kappa shape index (κ2) is 9.70. The first kappa shape index (κ1) is 22.9. The SMILES string of the molecule is Cc1cc(N=[S-](C)=O)cc2ncnc(Nc3ccc(F)cc3O[C@H](C)C(=O)NC3CCC3)c12. The summed E-state index contributed by atoms with van der Waals surface area (Å²) in [5, 5.41) is 6.87. The van der Waals surface area contributed by atoms with E-state index in [1.807, 2.05) is 6.92 Å². The molecular weight excluding hydrogens is 445 g/mol. The van der Waals surface area contributed by atoms with Crippen molar-refractivity contribution in [1.82, 2.24) is 15.3 Å². The molecule has 1 saturated carbocycles. The molecule has 1 aliphatic rings. The van der Waals surface area contributed by atoms with E-state index in [0.29, 0.717) is 22.7 Å². The zero-order valence-corrected chi connectivity index (χ0v) is 19.4. The highest BCUT2D eigenvalue weighted by Gasteiger charge is 2.24. The van der Waals surface area contributed by atoms with Crippen molar-refractivity contribution in [2.45, 2.75) is 45.3 Å². The Morgan fingerprint density at radius 2 is 2.06 bits per heavy atom. The van der Waals surface area contributed by atoms with Gasteiger partial charge in [0.05, 0.1) is 11.2 Å². The number of benzene rings is 2. The van der Waals surface area contributed by atoms with Crippen LogP contribution in [-0.2, 0) is 19.6 Å². The molecule has 33 heavy (non-hydrogen) atoms. The topological polar surface area (TPSA) is 106 Å². The molecule has 0 radical (unpaired) electrons. The summed E-state index contributed by atoms with van der Waals surface area (Å²) in [6.07, 6.45) is 5.14. The highest BCUT2D eigenvalue weighted by atomic mass is 32.2. The minimum atomic E-state index is -1.34. The van der Waals surface area contributed by atoms with Gasteiger partial charge in [0.25, 0.3) is 5.91 Å². The standard InChI is InChI=1S/C23H25FN5O3S/c1-13-9-17(29-33(3)31)11-19-21(13)22(26-12-25-19)28-18-8-7-15(24)10-20(18)32-14(2)23(30)27-16-5-4-6-16/h7-12,14,16H,4-6H2,1-3H3,(H,27,30)(H,25,26,28)/q-1/t14-/m1/s1. The molecular formula is C23H25FN5O3S-. The van der Waals surface area contributed by atoms with Crippen LogP contribution in [0.3, 0.4) is 0 Å². The van der Waals surface area contributed by atoms with Gasteiger partial charge in [-0.25, -0.2) is 14.4 Å². The van der Waals surface area contributed by atoms with Crippen molar-refractivity contribution in [3.05, 3.63) is 48.0 Å². The number of carbonyl (C=O) groups is 1. The average Bonchev–Trinajstić information content (AvgIpc) is 2.71. The number of aromatic nitrogens is 2. The van der Waals surface area contributed by atoms with E-state index >= 15 is 0 Å². The van der Waals surface area contributed by atoms with E-state index in [1.54, 1.807) is 19.1 Å². The van der Waals surface area contributed by atoms with Crippen LogP contribution < -0.4 is 15.4 Å². The number of carbonyl (C=O) groups excluding carboxylic acids is 1. The lowest BCUT2D eigenvalue weighted by molar-refractivity contribution is -0.128. The number of nitrogens with zero attached hydrogens (tertiary/aromatic N) is 3. The first-order valence-corrected chi connectivity index (χ1v) is 12.2. The first-order chi connectivity index (χ1) is 15.8. The summed E-state index contributed by atoms with van der Waals surface area (Å²) in [5.41, 5.74) is 2.47. The molecule has 1 heterocycles. The summed E-state index contributed by atoms with van der Waals surface area (Å²) in [5.74, 6) is -0.0269. The highest BCUT2D eigenvalue weighted by molar-refractivity contribution is 7.74. The summed E-state index contributed by atoms with van der Waals surface area (Å²) in [7, 11) is -1.34. The number of hydrogen-bond donors (Lipinski definition) is 2. The molecule has 3 aromatic rings. The Labute approximate surface area is 193 Å². The normalized spacial score (nSPS) is 15.6. The summed E-state index contributed by atoms with van der Waals surface area (Å²) < 4.78 is 35.4. The lowest BCUT2D eigenvalue weighted by Crippen LogP contribution is -2.45. The van der Waals surface area contributed by atoms with Gasteiger partial charge >= 0.3 is 0 Å². The van der Waals surface area contributed by atoms with Gasteiger partial charge in [0.2, 0.25) is 0 Å². The molecule has 0 spiro atoms. The Hall–Kier alpha value is -3.27. The number of amides is 1. The molecule has 10 heteroatoms. The second-order valence-corrected chi connectivity index (χ2v) is 9.09. The van der Waals surface area contributed by atoms with Crippen molar-refractivity contribution in [3.63, 3.8) is 0 Å². The predicted octanol–water partition coefficient (Wildman–Crippen LogP) is 4.67. The number of rotatable bonds is 7. The predicted molar refractivity (Wildman–Crippen MR) is 126 cm³/mol. The largest absolute Gasteiger partial charge is 0.479 e. The lowest BCUT2D eigenvalue weighted by Gasteiger charge is -2.28. The van der Waals surface area contributed by atoms with Crippen LogP contribution >= 0.6 is 0 Å². The van der Waals surface area contributed by atoms with Gasteiger partial charge in [-0.2, -0.15) is 10.6 Å². The van der Waals surface area contributed by atoms with Crippen molar-refractivity contribution in [3.8, 4) is 5.75 Å². The van der Waals surface area contributed by atoms with Crippen LogP contribution in [0.25, 0.3) is 10.9 Å². The van der Waals surface area contributed by atoms with Crippen LogP contribution in [0.5, 0.6) is 5.75 Å². The zero-order chi connectivity index (χ0) is 23.5. The van der Waals surface area contributed by atoms with Gasteiger partial charge in [-0.3, -0.25) is 4.79 Å². The van der Waals surface area contributed by atoms with Gasteiger partial charge in [0.15, 0.2) is 6.10 Å². The number of ether oxygens (including phenoxy) is 1. The molecule has 0 aliphatic heterocycles. The quantitative estimate of drug-likeness (QED) is 0.486. The number of anilines is 2. The number of hydrogen-bond acceptors (Lipinski definition) is 8. The maximum Gasteiger partial charge on any atom is 0.260 e. The number of fused-ring (bicyclic) bond motifs is 1. The van der Waals surface area contributed by atoms with E-state index in [0.717, 1.165) is 30.2 Å². The fourth-order valence-corrected chi connectivity index (χ4v) is 4.01. The first-order valence-electron chi connectivity index (χ1n) is 10.6. The van der Waals surface area contributed by atoms with Crippen molar-refractivity contribution >= 4 is 44.6 Å². The van der Waals surface area contributed by atoms with Crippen molar-refractivity contribution < 1.29 is 18.1 Å². The monoisotopic (exact) mass is 470 g/mol. The fourth-order valence-electron chi connectivity index (χ4n) is 3.61. The summed E-state index contributed by atoms with van der Waals surface area (Å²) >= 11 is 0. The summed E-state index contributed by atoms with van der Waals surface area (Å²) in [6.45, 7) is 3.51. The van der Waals surface area contributed by atoms with Gasteiger partial charge in [0, 0.05) is 23.2 Å². The van der Waals surface area contributed by atoms with Crippen LogP contribution in [0.2, 0.25) is 0 Å². The molecule has 174 valence electrons. The maximum atomic E-state index is 14.0. The van der Waals surface area contributed by atoms with Crippen LogP contribution in [0, 0.1) is 12.7 Å². The Bertz CT molecular complexity index is 1290. The summed E-state index contributed by atoms with van der Waals surface area (Å²) in [4.78, 5) is 21.1. The van der Waals surface area contributed by atoms with Crippen LogP contribution in [-0.4, -0.2) is 34.3 Å². The Morgan fingerprint density at radius 3 is 2.76 bits per heavy atom. The van der Waals surface area contributed by atoms with E-state index in [4.69, 9.17) is 4.74 Å². The van der Waals surface area contributed by atoms with E-state index < -0.39 is 22.5 Å². The van der Waals surface area contributed by atoms with Crippen LogP contribution in [0.4, 0.5) is 21.6 Å². The highest BCUT2D eigenvalue weighted by Crippen LogP contribution is 2.34. The molecule has 4 rings (SSSR count). The number of halogens is 1. The molecule has 1 atom stereocenters. The van der Waals surface area contributed by atoms with Gasteiger partial charge in [0.1, 0.15) is 23.7 Å². The smallest absolute Gasteiger partial charge is 0.260 e. The minimum absolute atomic E-state index is 0.186. The molecule has 8 nitrogen and oxygen atoms in total.